The van der Waals surface area contributed by atoms with Gasteiger partial charge in [-0.15, -0.1) is 0 Å². The van der Waals surface area contributed by atoms with Crippen LogP contribution in [-0.4, -0.2) is 16.1 Å². The molecule has 2 aromatic rings. The first-order chi connectivity index (χ1) is 7.18. The van der Waals surface area contributed by atoms with Gasteiger partial charge in [-0.25, -0.2) is 9.78 Å². The number of carboxylic acids is 1. The monoisotopic (exact) mass is 239 g/mol. The number of nitrogens with zero attached hydrogens (tertiary/aromatic N) is 1. The standard InChI is InChI=1S/C10H6ClNO2S/c11-7-1-2-8(6-3-4-15-5-6)12-9(7)10(13)14/h1-5H,(H,13,14). The number of carboxylic acid groups (broad SMARTS) is 1. The quantitative estimate of drug-likeness (QED) is 0.876. The highest BCUT2D eigenvalue weighted by Gasteiger charge is 2.12. The molecule has 0 aromatic carbocycles. The van der Waals surface area contributed by atoms with Crippen molar-refractivity contribution in [3.63, 3.8) is 0 Å². The molecule has 0 aliphatic heterocycles. The van der Waals surface area contributed by atoms with E-state index in [9.17, 15) is 4.79 Å². The van der Waals surface area contributed by atoms with Gasteiger partial charge in [-0.3, -0.25) is 0 Å². The molecule has 0 fully saturated rings. The van der Waals surface area contributed by atoms with Gasteiger partial charge in [-0.1, -0.05) is 11.6 Å². The zero-order chi connectivity index (χ0) is 10.8. The Morgan fingerprint density at radius 2 is 2.20 bits per heavy atom. The maximum Gasteiger partial charge on any atom is 0.356 e. The van der Waals surface area contributed by atoms with Crippen molar-refractivity contribution in [2.24, 2.45) is 0 Å². The normalized spacial score (nSPS) is 10.2. The molecule has 76 valence electrons. The van der Waals surface area contributed by atoms with Gasteiger partial charge in [0.15, 0.2) is 5.69 Å². The topological polar surface area (TPSA) is 50.2 Å². The Morgan fingerprint density at radius 3 is 2.80 bits per heavy atom. The van der Waals surface area contributed by atoms with Crippen molar-refractivity contribution in [3.05, 3.63) is 39.7 Å². The van der Waals surface area contributed by atoms with Crippen LogP contribution in [0.15, 0.2) is 29.0 Å². The van der Waals surface area contributed by atoms with E-state index in [1.165, 1.54) is 11.3 Å². The second-order valence-electron chi connectivity index (χ2n) is 2.84. The fraction of sp³-hybridized carbons (Fsp3) is 0. The minimum absolute atomic E-state index is 0.111. The van der Waals surface area contributed by atoms with Gasteiger partial charge in [0.05, 0.1) is 10.7 Å². The summed E-state index contributed by atoms with van der Waals surface area (Å²) in [5.74, 6) is -1.11. The zero-order valence-corrected chi connectivity index (χ0v) is 9.05. The average Bonchev–Trinajstić information content (AvgIpc) is 2.71. The summed E-state index contributed by atoms with van der Waals surface area (Å²) in [7, 11) is 0. The van der Waals surface area contributed by atoms with E-state index in [0.717, 1.165) is 5.56 Å². The number of aromatic nitrogens is 1. The third-order valence-electron chi connectivity index (χ3n) is 1.87. The molecule has 0 atom stereocenters. The highest BCUT2D eigenvalue weighted by atomic mass is 35.5. The van der Waals surface area contributed by atoms with E-state index in [2.05, 4.69) is 4.98 Å². The van der Waals surface area contributed by atoms with Crippen molar-refractivity contribution < 1.29 is 9.90 Å². The zero-order valence-electron chi connectivity index (χ0n) is 7.48. The van der Waals surface area contributed by atoms with E-state index >= 15 is 0 Å². The lowest BCUT2D eigenvalue weighted by molar-refractivity contribution is 0.0691. The van der Waals surface area contributed by atoms with E-state index in [-0.39, 0.29) is 10.7 Å². The van der Waals surface area contributed by atoms with E-state index in [1.807, 2.05) is 16.8 Å². The number of hydrogen-bond acceptors (Lipinski definition) is 3. The van der Waals surface area contributed by atoms with Crippen LogP contribution in [0, 0.1) is 0 Å². The molecule has 5 heteroatoms. The molecule has 2 heterocycles. The Hall–Kier alpha value is -1.39. The Labute approximate surface area is 95.0 Å². The van der Waals surface area contributed by atoms with Gasteiger partial charge in [0, 0.05) is 10.9 Å². The van der Waals surface area contributed by atoms with Crippen LogP contribution in [0.4, 0.5) is 0 Å². The van der Waals surface area contributed by atoms with Gasteiger partial charge >= 0.3 is 5.97 Å². The SMILES string of the molecule is O=C(O)c1nc(-c2ccsc2)ccc1Cl. The van der Waals surface area contributed by atoms with E-state index in [0.29, 0.717) is 5.69 Å². The number of pyridine rings is 1. The predicted octanol–water partition coefficient (Wildman–Crippen LogP) is 3.16. The van der Waals surface area contributed by atoms with Crippen molar-refractivity contribution in [3.8, 4) is 11.3 Å². The molecule has 2 rings (SSSR count). The third kappa shape index (κ3) is 2.00. The van der Waals surface area contributed by atoms with Crippen LogP contribution < -0.4 is 0 Å². The Kier molecular flexibility index (Phi) is 2.70. The summed E-state index contributed by atoms with van der Waals surface area (Å²) in [6, 6.07) is 5.13. The molecule has 0 aliphatic carbocycles. The van der Waals surface area contributed by atoms with Gasteiger partial charge in [-0.2, -0.15) is 11.3 Å². The first kappa shape index (κ1) is 10.1. The summed E-state index contributed by atoms with van der Waals surface area (Å²) < 4.78 is 0. The molecular formula is C10H6ClNO2S. The van der Waals surface area contributed by atoms with E-state index in [1.54, 1.807) is 12.1 Å². The summed E-state index contributed by atoms with van der Waals surface area (Å²) in [5.41, 5.74) is 1.41. The van der Waals surface area contributed by atoms with Gasteiger partial charge < -0.3 is 5.11 Å². The number of thiophene rings is 1. The van der Waals surface area contributed by atoms with Crippen molar-refractivity contribution in [1.82, 2.24) is 4.98 Å². The number of hydrogen-bond donors (Lipinski definition) is 1. The molecule has 0 saturated heterocycles. The first-order valence-electron chi connectivity index (χ1n) is 4.11. The number of carbonyl (C=O) groups is 1. The minimum Gasteiger partial charge on any atom is -0.476 e. The first-order valence-corrected chi connectivity index (χ1v) is 5.43. The fourth-order valence-electron chi connectivity index (χ4n) is 1.16. The van der Waals surface area contributed by atoms with Crippen molar-refractivity contribution in [2.75, 3.05) is 0 Å². The Morgan fingerprint density at radius 1 is 1.40 bits per heavy atom. The van der Waals surface area contributed by atoms with Crippen molar-refractivity contribution in [1.29, 1.82) is 0 Å². The number of halogens is 1. The summed E-state index contributed by atoms with van der Waals surface area (Å²) in [6.07, 6.45) is 0. The second-order valence-corrected chi connectivity index (χ2v) is 4.03. The van der Waals surface area contributed by atoms with Crippen LogP contribution >= 0.6 is 22.9 Å². The van der Waals surface area contributed by atoms with Crippen LogP contribution in [0.3, 0.4) is 0 Å². The summed E-state index contributed by atoms with van der Waals surface area (Å²) in [4.78, 5) is 14.8. The van der Waals surface area contributed by atoms with Gasteiger partial charge in [0.2, 0.25) is 0 Å². The highest BCUT2D eigenvalue weighted by Crippen LogP contribution is 2.23. The average molecular weight is 240 g/mol. The molecule has 0 radical (unpaired) electrons. The van der Waals surface area contributed by atoms with Crippen LogP contribution in [0.1, 0.15) is 10.5 Å². The van der Waals surface area contributed by atoms with Gasteiger partial charge in [-0.05, 0) is 23.6 Å². The summed E-state index contributed by atoms with van der Waals surface area (Å²) in [6.45, 7) is 0. The van der Waals surface area contributed by atoms with Gasteiger partial charge in [0.1, 0.15) is 0 Å². The summed E-state index contributed by atoms with van der Waals surface area (Å²) >= 11 is 7.24. The predicted molar refractivity (Wildman–Crippen MR) is 59.5 cm³/mol. The van der Waals surface area contributed by atoms with Crippen molar-refractivity contribution in [2.45, 2.75) is 0 Å². The molecule has 1 N–H and O–H groups in total. The molecule has 0 spiro atoms. The van der Waals surface area contributed by atoms with Crippen LogP contribution in [0.5, 0.6) is 0 Å². The molecule has 0 unspecified atom stereocenters. The van der Waals surface area contributed by atoms with Crippen LogP contribution in [0.2, 0.25) is 5.02 Å². The fourth-order valence-corrected chi connectivity index (χ4v) is 2.00. The molecular weight excluding hydrogens is 234 g/mol. The Balaban J connectivity index is 2.52. The number of rotatable bonds is 2. The lowest BCUT2D eigenvalue weighted by Gasteiger charge is -2.01. The molecule has 0 bridgehead atoms. The maximum atomic E-state index is 10.8. The molecule has 0 saturated carbocycles. The third-order valence-corrected chi connectivity index (χ3v) is 2.85. The molecule has 2 aromatic heterocycles. The lowest BCUT2D eigenvalue weighted by Crippen LogP contribution is -2.01. The van der Waals surface area contributed by atoms with Gasteiger partial charge in [0.25, 0.3) is 0 Å². The van der Waals surface area contributed by atoms with E-state index < -0.39 is 5.97 Å². The van der Waals surface area contributed by atoms with Crippen LogP contribution in [0.25, 0.3) is 11.3 Å². The number of aromatic carboxylic acids is 1. The highest BCUT2D eigenvalue weighted by molar-refractivity contribution is 7.08. The largest absolute Gasteiger partial charge is 0.476 e. The van der Waals surface area contributed by atoms with Crippen LogP contribution in [-0.2, 0) is 0 Å². The van der Waals surface area contributed by atoms with Crippen molar-refractivity contribution >= 4 is 28.9 Å². The second kappa shape index (κ2) is 4.00. The minimum atomic E-state index is -1.11. The maximum absolute atomic E-state index is 10.8. The molecule has 3 nitrogen and oxygen atoms in total. The molecule has 0 aliphatic rings. The Bertz CT molecular complexity index is 496. The molecule has 0 amide bonds. The smallest absolute Gasteiger partial charge is 0.356 e. The summed E-state index contributed by atoms with van der Waals surface area (Å²) in [5, 5.41) is 12.8. The lowest BCUT2D eigenvalue weighted by atomic mass is 10.2. The van der Waals surface area contributed by atoms with E-state index in [4.69, 9.17) is 16.7 Å². The molecule has 15 heavy (non-hydrogen) atoms.